The summed E-state index contributed by atoms with van der Waals surface area (Å²) in [5.41, 5.74) is 1.44. The number of anilines is 1. The SMILES string of the molecule is COc1ccc(CN(C)S(=O)(=O)c2ccc(NC(=O)N3CCCCC3)cc2)cc1. The standard InChI is InChI=1S/C21H27N3O4S/c1-23(16-17-6-10-19(28-2)11-7-17)29(26,27)20-12-8-18(9-13-20)22-21(25)24-14-4-3-5-15-24/h6-13H,3-5,14-16H2,1-2H3,(H,22,25). The molecule has 3 rings (SSSR count). The molecule has 2 aromatic rings. The first-order chi connectivity index (χ1) is 13.9. The van der Waals surface area contributed by atoms with Crippen molar-refractivity contribution in [2.75, 3.05) is 32.6 Å². The van der Waals surface area contributed by atoms with Gasteiger partial charge in [-0.25, -0.2) is 13.2 Å². The predicted molar refractivity (Wildman–Crippen MR) is 113 cm³/mol. The average molecular weight is 418 g/mol. The molecule has 2 aromatic carbocycles. The summed E-state index contributed by atoms with van der Waals surface area (Å²) in [7, 11) is -0.505. The number of hydrogen-bond acceptors (Lipinski definition) is 4. The molecule has 0 aliphatic carbocycles. The number of methoxy groups -OCH3 is 1. The molecule has 8 heteroatoms. The third-order valence-electron chi connectivity index (χ3n) is 5.02. The Labute approximate surface area is 172 Å². The van der Waals surface area contributed by atoms with Crippen molar-refractivity contribution in [3.05, 3.63) is 54.1 Å². The van der Waals surface area contributed by atoms with Crippen LogP contribution in [0.3, 0.4) is 0 Å². The summed E-state index contributed by atoms with van der Waals surface area (Å²) in [6.45, 7) is 1.77. The molecule has 1 aliphatic rings. The van der Waals surface area contributed by atoms with E-state index in [0.717, 1.165) is 43.7 Å². The first kappa shape index (κ1) is 21.1. The van der Waals surface area contributed by atoms with Gasteiger partial charge in [0.05, 0.1) is 12.0 Å². The molecule has 0 bridgehead atoms. The lowest BCUT2D eigenvalue weighted by Crippen LogP contribution is -2.38. The Morgan fingerprint density at radius 1 is 1.03 bits per heavy atom. The Kier molecular flexibility index (Phi) is 6.76. The van der Waals surface area contributed by atoms with Crippen molar-refractivity contribution in [1.29, 1.82) is 0 Å². The highest BCUT2D eigenvalue weighted by molar-refractivity contribution is 7.89. The Morgan fingerprint density at radius 2 is 1.66 bits per heavy atom. The van der Waals surface area contributed by atoms with Crippen LogP contribution in [0.2, 0.25) is 0 Å². The second-order valence-electron chi connectivity index (χ2n) is 7.11. The summed E-state index contributed by atoms with van der Waals surface area (Å²) in [5, 5.41) is 2.84. The van der Waals surface area contributed by atoms with E-state index in [9.17, 15) is 13.2 Å². The summed E-state index contributed by atoms with van der Waals surface area (Å²) in [4.78, 5) is 14.3. The molecule has 2 amide bonds. The first-order valence-corrected chi connectivity index (χ1v) is 11.1. The van der Waals surface area contributed by atoms with Crippen LogP contribution in [0.15, 0.2) is 53.4 Å². The number of rotatable bonds is 6. The molecule has 7 nitrogen and oxygen atoms in total. The van der Waals surface area contributed by atoms with E-state index >= 15 is 0 Å². The number of sulfonamides is 1. The molecule has 0 atom stereocenters. The second kappa shape index (κ2) is 9.28. The van der Waals surface area contributed by atoms with Crippen molar-refractivity contribution in [2.45, 2.75) is 30.7 Å². The number of likely N-dealkylation sites (tertiary alicyclic amines) is 1. The van der Waals surface area contributed by atoms with Crippen LogP contribution in [-0.4, -0.2) is 50.9 Å². The second-order valence-corrected chi connectivity index (χ2v) is 9.16. The van der Waals surface area contributed by atoms with Gasteiger partial charge < -0.3 is 15.0 Å². The number of amides is 2. The van der Waals surface area contributed by atoms with Gasteiger partial charge in [-0.2, -0.15) is 4.31 Å². The van der Waals surface area contributed by atoms with Crippen LogP contribution in [0.5, 0.6) is 5.75 Å². The van der Waals surface area contributed by atoms with Gasteiger partial charge in [-0.05, 0) is 61.2 Å². The number of ether oxygens (including phenoxy) is 1. The highest BCUT2D eigenvalue weighted by atomic mass is 32.2. The van der Waals surface area contributed by atoms with Crippen LogP contribution >= 0.6 is 0 Å². The van der Waals surface area contributed by atoms with Crippen molar-refractivity contribution >= 4 is 21.7 Å². The van der Waals surface area contributed by atoms with E-state index in [1.165, 1.54) is 16.4 Å². The highest BCUT2D eigenvalue weighted by Gasteiger charge is 2.21. The molecule has 1 heterocycles. The zero-order valence-electron chi connectivity index (χ0n) is 16.8. The monoisotopic (exact) mass is 417 g/mol. The van der Waals surface area contributed by atoms with Crippen molar-refractivity contribution in [2.24, 2.45) is 0 Å². The number of piperidine rings is 1. The summed E-state index contributed by atoms with van der Waals surface area (Å²) in [5.74, 6) is 0.724. The van der Waals surface area contributed by atoms with Crippen molar-refractivity contribution < 1.29 is 17.9 Å². The van der Waals surface area contributed by atoms with E-state index < -0.39 is 10.0 Å². The lowest BCUT2D eigenvalue weighted by Gasteiger charge is -2.26. The molecule has 0 unspecified atom stereocenters. The van der Waals surface area contributed by atoms with E-state index in [1.54, 1.807) is 43.3 Å². The summed E-state index contributed by atoms with van der Waals surface area (Å²) < 4.78 is 32.1. The Bertz CT molecular complexity index is 921. The van der Waals surface area contributed by atoms with Gasteiger partial charge in [-0.1, -0.05) is 12.1 Å². The van der Waals surface area contributed by atoms with Gasteiger partial charge in [0.1, 0.15) is 5.75 Å². The molecule has 1 fully saturated rings. The fourth-order valence-electron chi connectivity index (χ4n) is 3.26. The van der Waals surface area contributed by atoms with Crippen molar-refractivity contribution in [1.82, 2.24) is 9.21 Å². The van der Waals surface area contributed by atoms with Crippen LogP contribution in [0, 0.1) is 0 Å². The maximum atomic E-state index is 12.8. The molecule has 0 spiro atoms. The number of carbonyl (C=O) groups is 1. The lowest BCUT2D eigenvalue weighted by atomic mass is 10.1. The molecule has 0 aromatic heterocycles. The minimum Gasteiger partial charge on any atom is -0.497 e. The van der Waals surface area contributed by atoms with E-state index in [-0.39, 0.29) is 17.5 Å². The average Bonchev–Trinajstić information content (AvgIpc) is 2.75. The van der Waals surface area contributed by atoms with Gasteiger partial charge in [0.2, 0.25) is 10.0 Å². The maximum absolute atomic E-state index is 12.8. The van der Waals surface area contributed by atoms with Crippen LogP contribution in [0.1, 0.15) is 24.8 Å². The van der Waals surface area contributed by atoms with Gasteiger partial charge in [-0.3, -0.25) is 0 Å². The minimum absolute atomic E-state index is 0.142. The number of benzene rings is 2. The highest BCUT2D eigenvalue weighted by Crippen LogP contribution is 2.21. The zero-order valence-corrected chi connectivity index (χ0v) is 17.6. The van der Waals surface area contributed by atoms with E-state index in [4.69, 9.17) is 4.74 Å². The molecule has 1 N–H and O–H groups in total. The first-order valence-electron chi connectivity index (χ1n) is 9.65. The third kappa shape index (κ3) is 5.27. The van der Waals surface area contributed by atoms with Gasteiger partial charge in [0, 0.05) is 32.4 Å². The number of carbonyl (C=O) groups excluding carboxylic acids is 1. The normalized spacial score (nSPS) is 14.7. The third-order valence-corrected chi connectivity index (χ3v) is 6.84. The number of nitrogens with one attached hydrogen (secondary N) is 1. The van der Waals surface area contributed by atoms with Gasteiger partial charge in [0.25, 0.3) is 0 Å². The van der Waals surface area contributed by atoms with Crippen LogP contribution in [0.25, 0.3) is 0 Å². The molecule has 0 radical (unpaired) electrons. The molecule has 29 heavy (non-hydrogen) atoms. The Morgan fingerprint density at radius 3 is 2.24 bits per heavy atom. The number of urea groups is 1. The molecular formula is C21H27N3O4S. The molecular weight excluding hydrogens is 390 g/mol. The fourth-order valence-corrected chi connectivity index (χ4v) is 4.42. The molecule has 1 aliphatic heterocycles. The zero-order chi connectivity index (χ0) is 20.9. The van der Waals surface area contributed by atoms with Crippen molar-refractivity contribution in [3.8, 4) is 5.75 Å². The molecule has 0 saturated carbocycles. The largest absolute Gasteiger partial charge is 0.497 e. The topological polar surface area (TPSA) is 79.0 Å². The quantitative estimate of drug-likeness (QED) is 0.780. The summed E-state index contributed by atoms with van der Waals surface area (Å²) >= 11 is 0. The van der Waals surface area contributed by atoms with E-state index in [0.29, 0.717) is 5.69 Å². The van der Waals surface area contributed by atoms with Crippen LogP contribution in [0.4, 0.5) is 10.5 Å². The maximum Gasteiger partial charge on any atom is 0.321 e. The summed E-state index contributed by atoms with van der Waals surface area (Å²) in [6, 6.07) is 13.4. The molecule has 1 saturated heterocycles. The van der Waals surface area contributed by atoms with Crippen LogP contribution < -0.4 is 10.1 Å². The van der Waals surface area contributed by atoms with E-state index in [1.807, 2.05) is 12.1 Å². The minimum atomic E-state index is -3.64. The van der Waals surface area contributed by atoms with E-state index in [2.05, 4.69) is 5.32 Å². The number of hydrogen-bond donors (Lipinski definition) is 1. The van der Waals surface area contributed by atoms with Crippen LogP contribution in [-0.2, 0) is 16.6 Å². The van der Waals surface area contributed by atoms with Gasteiger partial charge in [-0.15, -0.1) is 0 Å². The van der Waals surface area contributed by atoms with Gasteiger partial charge >= 0.3 is 6.03 Å². The fraction of sp³-hybridized carbons (Fsp3) is 0.381. The Hall–Kier alpha value is -2.58. The Balaban J connectivity index is 1.64. The lowest BCUT2D eigenvalue weighted by molar-refractivity contribution is 0.200. The van der Waals surface area contributed by atoms with Crippen molar-refractivity contribution in [3.63, 3.8) is 0 Å². The predicted octanol–water partition coefficient (Wildman–Crippen LogP) is 3.53. The summed E-state index contributed by atoms with van der Waals surface area (Å²) in [6.07, 6.45) is 3.19. The smallest absolute Gasteiger partial charge is 0.321 e. The number of nitrogens with zero attached hydrogens (tertiary/aromatic N) is 2. The van der Waals surface area contributed by atoms with Gasteiger partial charge in [0.15, 0.2) is 0 Å². The molecule has 156 valence electrons.